The Morgan fingerprint density at radius 2 is 2.08 bits per heavy atom. The van der Waals surface area contributed by atoms with Crippen molar-refractivity contribution >= 4 is 11.9 Å². The van der Waals surface area contributed by atoms with Crippen molar-refractivity contribution in [3.63, 3.8) is 0 Å². The highest BCUT2D eigenvalue weighted by atomic mass is 16.7. The van der Waals surface area contributed by atoms with Crippen molar-refractivity contribution in [3.8, 4) is 0 Å². The van der Waals surface area contributed by atoms with Crippen LogP contribution in [-0.2, 0) is 28.5 Å². The summed E-state index contributed by atoms with van der Waals surface area (Å²) in [6.45, 7) is 7.71. The summed E-state index contributed by atoms with van der Waals surface area (Å²) < 4.78 is 21.0. The van der Waals surface area contributed by atoms with Gasteiger partial charge in [0.2, 0.25) is 5.91 Å². The molecule has 0 spiro atoms. The van der Waals surface area contributed by atoms with Crippen molar-refractivity contribution in [2.75, 3.05) is 39.6 Å². The summed E-state index contributed by atoms with van der Waals surface area (Å²) in [7, 11) is 0. The molecule has 1 amide bonds. The first-order valence-corrected chi connectivity index (χ1v) is 8.99. The maximum Gasteiger partial charge on any atom is 0.332 e. The Bertz CT molecular complexity index is 426. The Morgan fingerprint density at radius 1 is 1.28 bits per heavy atom. The third-order valence-electron chi connectivity index (χ3n) is 3.82. The van der Waals surface area contributed by atoms with Gasteiger partial charge in [-0.1, -0.05) is 12.2 Å². The largest absolute Gasteiger partial charge is 0.464 e. The number of piperidine rings is 1. The van der Waals surface area contributed by atoms with Crippen molar-refractivity contribution in [2.45, 2.75) is 52.4 Å². The molecule has 1 saturated heterocycles. The van der Waals surface area contributed by atoms with Gasteiger partial charge in [-0.25, -0.2) is 4.79 Å². The van der Waals surface area contributed by atoms with Crippen LogP contribution in [0.25, 0.3) is 0 Å². The van der Waals surface area contributed by atoms with Crippen LogP contribution in [0, 0.1) is 0 Å². The number of hydrogen-bond donors (Lipinski definition) is 0. The maximum absolute atomic E-state index is 12.2. The lowest BCUT2D eigenvalue weighted by molar-refractivity contribution is -0.152. The average molecular weight is 357 g/mol. The van der Waals surface area contributed by atoms with Gasteiger partial charge in [0.1, 0.15) is 6.61 Å². The number of carbonyl (C=O) groups is 2. The van der Waals surface area contributed by atoms with E-state index in [2.05, 4.69) is 0 Å². The molecule has 25 heavy (non-hydrogen) atoms. The summed E-state index contributed by atoms with van der Waals surface area (Å²) in [5, 5.41) is 0. The molecular formula is C18H31NO6. The van der Waals surface area contributed by atoms with Crippen molar-refractivity contribution in [1.82, 2.24) is 4.90 Å². The molecule has 2 unspecified atom stereocenters. The van der Waals surface area contributed by atoms with Gasteiger partial charge in [0.05, 0.1) is 25.9 Å². The minimum atomic E-state index is -0.372. The predicted molar refractivity (Wildman–Crippen MR) is 93.0 cm³/mol. The lowest BCUT2D eigenvalue weighted by atomic mass is 10.0. The summed E-state index contributed by atoms with van der Waals surface area (Å²) >= 11 is 0. The van der Waals surface area contributed by atoms with Gasteiger partial charge in [0, 0.05) is 19.6 Å². The van der Waals surface area contributed by atoms with Crippen LogP contribution in [0.5, 0.6) is 0 Å². The lowest BCUT2D eigenvalue weighted by Gasteiger charge is -2.35. The SMILES string of the molecule is CCOC(=O)COCC=CCN1C(=O)CCCC1COC(C)OCC. The Labute approximate surface area is 150 Å². The molecule has 0 aromatic carbocycles. The number of esters is 1. The molecule has 0 saturated carbocycles. The van der Waals surface area contributed by atoms with Gasteiger partial charge >= 0.3 is 5.97 Å². The standard InChI is InChI=1S/C18H31NO6/c1-4-23-15(3)25-13-16-9-8-10-17(20)19(16)11-6-7-12-22-14-18(21)24-5-2/h6-7,15-16H,4-5,8-14H2,1-3H3. The average Bonchev–Trinajstić information content (AvgIpc) is 2.58. The second-order valence-corrected chi connectivity index (χ2v) is 5.74. The van der Waals surface area contributed by atoms with E-state index < -0.39 is 0 Å². The number of ether oxygens (including phenoxy) is 4. The summed E-state index contributed by atoms with van der Waals surface area (Å²) in [4.78, 5) is 25.1. The van der Waals surface area contributed by atoms with Crippen molar-refractivity contribution < 1.29 is 28.5 Å². The Kier molecular flexibility index (Phi) is 11.1. The zero-order valence-electron chi connectivity index (χ0n) is 15.6. The summed E-state index contributed by atoms with van der Waals surface area (Å²) in [5.41, 5.74) is 0. The van der Waals surface area contributed by atoms with Crippen molar-refractivity contribution in [3.05, 3.63) is 12.2 Å². The number of likely N-dealkylation sites (tertiary alicyclic amines) is 1. The minimum Gasteiger partial charge on any atom is -0.464 e. The van der Waals surface area contributed by atoms with E-state index in [0.29, 0.717) is 39.4 Å². The van der Waals surface area contributed by atoms with E-state index >= 15 is 0 Å². The van der Waals surface area contributed by atoms with Gasteiger partial charge in [-0.05, 0) is 33.6 Å². The van der Waals surface area contributed by atoms with E-state index in [1.54, 1.807) is 6.92 Å². The normalized spacial score (nSPS) is 19.4. The number of hydrogen-bond acceptors (Lipinski definition) is 6. The maximum atomic E-state index is 12.2. The van der Waals surface area contributed by atoms with Crippen LogP contribution < -0.4 is 0 Å². The van der Waals surface area contributed by atoms with Crippen molar-refractivity contribution in [2.24, 2.45) is 0 Å². The highest BCUT2D eigenvalue weighted by Crippen LogP contribution is 2.19. The fraction of sp³-hybridized carbons (Fsp3) is 0.778. The molecule has 0 N–H and O–H groups in total. The number of carbonyl (C=O) groups excluding carboxylic acids is 2. The lowest BCUT2D eigenvalue weighted by Crippen LogP contribution is -2.46. The van der Waals surface area contributed by atoms with E-state index in [1.807, 2.05) is 30.9 Å². The van der Waals surface area contributed by atoms with Gasteiger partial charge in [-0.3, -0.25) is 4.79 Å². The molecule has 1 heterocycles. The number of amides is 1. The van der Waals surface area contributed by atoms with E-state index in [1.165, 1.54) is 0 Å². The van der Waals surface area contributed by atoms with Gasteiger partial charge < -0.3 is 23.8 Å². The third-order valence-corrected chi connectivity index (χ3v) is 3.82. The first kappa shape index (κ1) is 21.6. The summed E-state index contributed by atoms with van der Waals surface area (Å²) in [5.74, 6) is -0.233. The minimum absolute atomic E-state index is 0.0629. The van der Waals surface area contributed by atoms with Crippen LogP contribution in [0.15, 0.2) is 12.2 Å². The van der Waals surface area contributed by atoms with Crippen LogP contribution in [0.1, 0.15) is 40.0 Å². The molecule has 0 bridgehead atoms. The zero-order valence-corrected chi connectivity index (χ0v) is 15.6. The van der Waals surface area contributed by atoms with Crippen LogP contribution in [-0.4, -0.2) is 68.7 Å². The van der Waals surface area contributed by atoms with Crippen molar-refractivity contribution in [1.29, 1.82) is 0 Å². The second-order valence-electron chi connectivity index (χ2n) is 5.74. The number of rotatable bonds is 12. The van der Waals surface area contributed by atoms with E-state index in [-0.39, 0.29) is 30.8 Å². The van der Waals surface area contributed by atoms with Gasteiger partial charge in [0.15, 0.2) is 6.29 Å². The molecule has 144 valence electrons. The topological polar surface area (TPSA) is 74.3 Å². The third kappa shape index (κ3) is 9.00. The quantitative estimate of drug-likeness (QED) is 0.230. The molecular weight excluding hydrogens is 326 g/mol. The molecule has 7 heteroatoms. The first-order valence-electron chi connectivity index (χ1n) is 8.99. The second kappa shape index (κ2) is 12.9. The fourth-order valence-electron chi connectivity index (χ4n) is 2.61. The van der Waals surface area contributed by atoms with Crippen LogP contribution in [0.3, 0.4) is 0 Å². The monoisotopic (exact) mass is 357 g/mol. The molecule has 0 aromatic heterocycles. The molecule has 2 atom stereocenters. The Morgan fingerprint density at radius 3 is 2.80 bits per heavy atom. The van der Waals surface area contributed by atoms with Crippen LogP contribution in [0.2, 0.25) is 0 Å². The molecule has 0 aromatic rings. The first-order chi connectivity index (χ1) is 12.1. The molecule has 7 nitrogen and oxygen atoms in total. The van der Waals surface area contributed by atoms with E-state index in [0.717, 1.165) is 12.8 Å². The molecule has 0 radical (unpaired) electrons. The highest BCUT2D eigenvalue weighted by Gasteiger charge is 2.27. The summed E-state index contributed by atoms with van der Waals surface area (Å²) in [6, 6.07) is 0.0641. The highest BCUT2D eigenvalue weighted by molar-refractivity contribution is 5.77. The van der Waals surface area contributed by atoms with E-state index in [4.69, 9.17) is 18.9 Å². The van der Waals surface area contributed by atoms with Gasteiger partial charge in [-0.15, -0.1) is 0 Å². The van der Waals surface area contributed by atoms with Gasteiger partial charge in [-0.2, -0.15) is 0 Å². The number of nitrogens with zero attached hydrogens (tertiary/aromatic N) is 1. The van der Waals surface area contributed by atoms with E-state index in [9.17, 15) is 9.59 Å². The molecule has 1 aliphatic heterocycles. The fourth-order valence-corrected chi connectivity index (χ4v) is 2.61. The molecule has 1 aliphatic rings. The molecule has 1 fully saturated rings. The molecule has 1 rings (SSSR count). The Hall–Kier alpha value is -1.44. The predicted octanol–water partition coefficient (Wildman–Crippen LogP) is 1.90. The zero-order chi connectivity index (χ0) is 18.5. The summed E-state index contributed by atoms with van der Waals surface area (Å²) in [6.07, 6.45) is 5.81. The van der Waals surface area contributed by atoms with Crippen LogP contribution in [0.4, 0.5) is 0 Å². The van der Waals surface area contributed by atoms with Crippen LogP contribution >= 0.6 is 0 Å². The van der Waals surface area contributed by atoms with Gasteiger partial charge in [0.25, 0.3) is 0 Å². The molecule has 0 aliphatic carbocycles. The smallest absolute Gasteiger partial charge is 0.332 e. The Balaban J connectivity index is 2.34.